The molecule has 31 heavy (non-hydrogen) atoms. The predicted octanol–water partition coefficient (Wildman–Crippen LogP) is 3.94. The van der Waals surface area contributed by atoms with E-state index in [9.17, 15) is 30.1 Å². The number of hydrogen-bond donors (Lipinski definition) is 1. The highest BCUT2D eigenvalue weighted by Crippen LogP contribution is 2.31. The highest BCUT2D eigenvalue weighted by atomic mass is 16.6. The molecule has 0 aliphatic rings. The largest absolute Gasteiger partial charge is 0.493 e. The van der Waals surface area contributed by atoms with Gasteiger partial charge in [0, 0.05) is 18.7 Å². The van der Waals surface area contributed by atoms with Crippen LogP contribution in [0.25, 0.3) is 0 Å². The lowest BCUT2D eigenvalue weighted by Gasteiger charge is -2.08. The number of nitro benzene ring substituents is 1. The molecule has 0 saturated heterocycles. The van der Waals surface area contributed by atoms with Crippen LogP contribution >= 0.6 is 0 Å². The summed E-state index contributed by atoms with van der Waals surface area (Å²) in [4.78, 5) is 35.2. The normalized spacial score (nSPS) is 10.8. The van der Waals surface area contributed by atoms with Gasteiger partial charge in [0.15, 0.2) is 11.4 Å². The topological polar surface area (TPSA) is 160 Å². The molecule has 1 aromatic heterocycles. The average Bonchev–Trinajstić information content (AvgIpc) is 2.75. The zero-order valence-electron chi connectivity index (χ0n) is 17.3. The molecule has 11 nitrogen and oxygen atoms in total. The summed E-state index contributed by atoms with van der Waals surface area (Å²) in [6, 6.07) is 5.33. The Morgan fingerprint density at radius 3 is 2.68 bits per heavy atom. The van der Waals surface area contributed by atoms with E-state index >= 15 is 0 Å². The average molecular weight is 427 g/mol. The van der Waals surface area contributed by atoms with Gasteiger partial charge in [-0.2, -0.15) is 5.26 Å². The Morgan fingerprint density at radius 2 is 2.06 bits per heavy atom. The van der Waals surface area contributed by atoms with Crippen molar-refractivity contribution in [2.75, 3.05) is 6.61 Å². The number of rotatable bonds is 8. The van der Waals surface area contributed by atoms with Gasteiger partial charge in [0.05, 0.1) is 17.1 Å². The van der Waals surface area contributed by atoms with Crippen LogP contribution in [0.5, 0.6) is 5.88 Å². The summed E-state index contributed by atoms with van der Waals surface area (Å²) in [5.41, 5.74) is -1.75. The quantitative estimate of drug-likeness (QED) is 0.219. The SMILES string of the molecule is CCCCCOC(=O)c1ccc(N=Nc2c(C)c(C#N)c(O)n(C)c2=O)c([N+](=O)[O-])c1. The number of benzene rings is 1. The van der Waals surface area contributed by atoms with Crippen LogP contribution in [0.2, 0.25) is 0 Å². The Bertz CT molecular complexity index is 1150. The predicted molar refractivity (Wildman–Crippen MR) is 110 cm³/mol. The molecule has 0 saturated carbocycles. The number of unbranched alkanes of at least 4 members (excludes halogenated alkanes) is 2. The molecule has 0 bridgehead atoms. The molecule has 0 unspecified atom stereocenters. The second kappa shape index (κ2) is 10.1. The summed E-state index contributed by atoms with van der Waals surface area (Å²) >= 11 is 0. The minimum atomic E-state index is -0.731. The summed E-state index contributed by atoms with van der Waals surface area (Å²) in [6.07, 6.45) is 2.56. The molecule has 11 heteroatoms. The van der Waals surface area contributed by atoms with Crippen molar-refractivity contribution in [2.45, 2.75) is 33.1 Å². The molecule has 2 aromatic rings. The van der Waals surface area contributed by atoms with E-state index in [1.807, 2.05) is 6.92 Å². The van der Waals surface area contributed by atoms with Crippen molar-refractivity contribution in [3.05, 3.63) is 55.4 Å². The summed E-state index contributed by atoms with van der Waals surface area (Å²) < 4.78 is 5.93. The Kier molecular flexibility index (Phi) is 7.57. The van der Waals surface area contributed by atoms with Crippen LogP contribution in [0.4, 0.5) is 17.1 Å². The second-order valence-corrected chi connectivity index (χ2v) is 6.65. The van der Waals surface area contributed by atoms with Gasteiger partial charge < -0.3 is 9.84 Å². The van der Waals surface area contributed by atoms with Gasteiger partial charge in [0.2, 0.25) is 5.88 Å². The molecule has 0 aliphatic carbocycles. The molecule has 0 atom stereocenters. The van der Waals surface area contributed by atoms with E-state index in [2.05, 4.69) is 10.2 Å². The fraction of sp³-hybridized carbons (Fsp3) is 0.350. The lowest BCUT2D eigenvalue weighted by molar-refractivity contribution is -0.384. The Balaban J connectivity index is 2.41. The third kappa shape index (κ3) is 5.11. The van der Waals surface area contributed by atoms with Crippen LogP contribution in [0, 0.1) is 28.4 Å². The van der Waals surface area contributed by atoms with Crippen LogP contribution in [0.3, 0.4) is 0 Å². The van der Waals surface area contributed by atoms with Crippen LogP contribution in [-0.2, 0) is 11.8 Å². The van der Waals surface area contributed by atoms with E-state index in [0.29, 0.717) is 6.42 Å². The molecule has 162 valence electrons. The van der Waals surface area contributed by atoms with Crippen molar-refractivity contribution >= 4 is 23.0 Å². The molecule has 0 aliphatic heterocycles. The van der Waals surface area contributed by atoms with E-state index in [0.717, 1.165) is 23.5 Å². The number of nitrogens with zero attached hydrogens (tertiary/aromatic N) is 5. The molecule has 1 heterocycles. The molecule has 0 spiro atoms. The lowest BCUT2D eigenvalue weighted by Crippen LogP contribution is -2.18. The minimum Gasteiger partial charge on any atom is -0.493 e. The van der Waals surface area contributed by atoms with E-state index < -0.39 is 28.0 Å². The number of esters is 1. The summed E-state index contributed by atoms with van der Waals surface area (Å²) in [5.74, 6) is -1.21. The maximum Gasteiger partial charge on any atom is 0.338 e. The first kappa shape index (κ1) is 23.2. The summed E-state index contributed by atoms with van der Waals surface area (Å²) in [7, 11) is 1.25. The first-order valence-electron chi connectivity index (χ1n) is 9.42. The van der Waals surface area contributed by atoms with Crippen LogP contribution in [-0.4, -0.2) is 27.2 Å². The molecule has 1 N–H and O–H groups in total. The third-order valence-corrected chi connectivity index (χ3v) is 4.54. The van der Waals surface area contributed by atoms with Gasteiger partial charge in [0.25, 0.3) is 11.2 Å². The highest BCUT2D eigenvalue weighted by molar-refractivity contribution is 5.91. The standard InChI is InChI=1S/C20H21N5O6/c1-4-5-6-9-31-20(28)13-7-8-15(16(10-13)25(29)30)22-23-17-12(2)14(11-21)18(26)24(3)19(17)27/h7-8,10,26H,4-6,9H2,1-3H3. The molecule has 1 aromatic carbocycles. The number of aromatic nitrogens is 1. The van der Waals surface area contributed by atoms with Gasteiger partial charge >= 0.3 is 5.97 Å². The highest BCUT2D eigenvalue weighted by Gasteiger charge is 2.20. The van der Waals surface area contributed by atoms with E-state index in [1.54, 1.807) is 6.07 Å². The van der Waals surface area contributed by atoms with Crippen LogP contribution < -0.4 is 5.56 Å². The molecular weight excluding hydrogens is 406 g/mol. The van der Waals surface area contributed by atoms with Crippen LogP contribution in [0.15, 0.2) is 33.2 Å². The lowest BCUT2D eigenvalue weighted by atomic mass is 10.1. The van der Waals surface area contributed by atoms with Crippen molar-refractivity contribution in [3.63, 3.8) is 0 Å². The van der Waals surface area contributed by atoms with Gasteiger partial charge in [-0.15, -0.1) is 10.2 Å². The maximum atomic E-state index is 12.4. The van der Waals surface area contributed by atoms with Gasteiger partial charge in [0.1, 0.15) is 11.6 Å². The number of nitro groups is 1. The van der Waals surface area contributed by atoms with E-state index in [1.165, 1.54) is 26.1 Å². The van der Waals surface area contributed by atoms with Crippen molar-refractivity contribution < 1.29 is 19.6 Å². The molecular formula is C20H21N5O6. The third-order valence-electron chi connectivity index (χ3n) is 4.54. The maximum absolute atomic E-state index is 12.4. The van der Waals surface area contributed by atoms with E-state index in [4.69, 9.17) is 4.74 Å². The van der Waals surface area contributed by atoms with Gasteiger partial charge in [-0.3, -0.25) is 19.5 Å². The summed E-state index contributed by atoms with van der Waals surface area (Å²) in [6.45, 7) is 3.63. The number of hydrogen-bond acceptors (Lipinski definition) is 9. The minimum absolute atomic E-state index is 0.00866. The van der Waals surface area contributed by atoms with Crippen molar-refractivity contribution in [2.24, 2.45) is 17.3 Å². The molecule has 2 rings (SSSR count). The number of ether oxygens (including phenoxy) is 1. The Labute approximate surface area is 177 Å². The first-order chi connectivity index (χ1) is 14.7. The summed E-state index contributed by atoms with van der Waals surface area (Å²) in [5, 5.41) is 38.1. The van der Waals surface area contributed by atoms with Crippen molar-refractivity contribution in [1.29, 1.82) is 5.26 Å². The van der Waals surface area contributed by atoms with Gasteiger partial charge in [-0.25, -0.2) is 4.79 Å². The number of aromatic hydroxyl groups is 1. The first-order valence-corrected chi connectivity index (χ1v) is 9.42. The molecule has 0 radical (unpaired) electrons. The Morgan fingerprint density at radius 1 is 1.35 bits per heavy atom. The van der Waals surface area contributed by atoms with Gasteiger partial charge in [-0.05, 0) is 25.5 Å². The zero-order valence-corrected chi connectivity index (χ0v) is 17.3. The monoisotopic (exact) mass is 427 g/mol. The van der Waals surface area contributed by atoms with Crippen LogP contribution in [0.1, 0.15) is 47.7 Å². The second-order valence-electron chi connectivity index (χ2n) is 6.65. The van der Waals surface area contributed by atoms with Crippen molar-refractivity contribution in [3.8, 4) is 11.9 Å². The number of pyridine rings is 1. The number of azo groups is 1. The molecule has 0 amide bonds. The zero-order chi connectivity index (χ0) is 23.1. The number of carbonyl (C=O) groups excluding carboxylic acids is 1. The number of nitriles is 1. The van der Waals surface area contributed by atoms with Crippen molar-refractivity contribution in [1.82, 2.24) is 4.57 Å². The fourth-order valence-electron chi connectivity index (χ4n) is 2.71. The Hall–Kier alpha value is -4.07. The van der Waals surface area contributed by atoms with Gasteiger partial charge in [-0.1, -0.05) is 19.8 Å². The van der Waals surface area contributed by atoms with E-state index in [-0.39, 0.29) is 34.7 Å². The number of carbonyl (C=O) groups is 1. The smallest absolute Gasteiger partial charge is 0.338 e. The fourth-order valence-corrected chi connectivity index (χ4v) is 2.71. The molecule has 0 fully saturated rings.